The van der Waals surface area contributed by atoms with Gasteiger partial charge in [0, 0.05) is 12.6 Å². The first-order valence-corrected chi connectivity index (χ1v) is 8.89. The van der Waals surface area contributed by atoms with E-state index < -0.39 is 18.0 Å². The molecule has 28 heavy (non-hydrogen) atoms. The van der Waals surface area contributed by atoms with Crippen LogP contribution in [0.2, 0.25) is 0 Å². The normalized spacial score (nSPS) is 17.2. The van der Waals surface area contributed by atoms with Gasteiger partial charge >= 0.3 is 0 Å². The van der Waals surface area contributed by atoms with E-state index in [1.165, 1.54) is 17.5 Å². The molecule has 3 rings (SSSR count). The molecule has 0 aliphatic carbocycles. The Morgan fingerprint density at radius 2 is 2.04 bits per heavy atom. The molecule has 0 spiro atoms. The number of amides is 3. The van der Waals surface area contributed by atoms with E-state index in [1.54, 1.807) is 32.2 Å². The van der Waals surface area contributed by atoms with Crippen LogP contribution in [0, 0.1) is 0 Å². The van der Waals surface area contributed by atoms with Gasteiger partial charge in [0.2, 0.25) is 11.8 Å². The highest BCUT2D eigenvalue weighted by molar-refractivity contribution is 6.04. The molecule has 1 unspecified atom stereocenters. The first-order chi connectivity index (χ1) is 13.4. The number of likely N-dealkylation sites (N-methyl/N-ethyl adjacent to an activating group) is 1. The van der Waals surface area contributed by atoms with Crippen LogP contribution >= 0.6 is 0 Å². The molecular formula is C20H22N4O4. The lowest BCUT2D eigenvalue weighted by Crippen LogP contribution is -2.48. The van der Waals surface area contributed by atoms with E-state index in [1.807, 2.05) is 19.1 Å². The number of carbonyl (C=O) groups is 3. The van der Waals surface area contributed by atoms with Crippen LogP contribution in [-0.4, -0.2) is 41.5 Å². The minimum Gasteiger partial charge on any atom is -0.472 e. The van der Waals surface area contributed by atoms with Crippen molar-refractivity contribution in [1.29, 1.82) is 0 Å². The molecule has 0 saturated carbocycles. The Labute approximate surface area is 162 Å². The van der Waals surface area contributed by atoms with Crippen molar-refractivity contribution in [2.45, 2.75) is 32.4 Å². The summed E-state index contributed by atoms with van der Waals surface area (Å²) in [7, 11) is 1.55. The largest absolute Gasteiger partial charge is 0.472 e. The molecular weight excluding hydrogens is 360 g/mol. The average Bonchev–Trinajstić information content (AvgIpc) is 3.15. The Kier molecular flexibility index (Phi) is 5.58. The maximum Gasteiger partial charge on any atom is 0.269 e. The SMILES string of the molecule is CC1=NN(C)C(=O)C(NC(=O)[C@H](C)NC(=O)Cc2ccoc2)c2ccccc21. The summed E-state index contributed by atoms with van der Waals surface area (Å²) in [5.41, 5.74) is 2.86. The van der Waals surface area contributed by atoms with E-state index in [4.69, 9.17) is 4.42 Å². The predicted octanol–water partition coefficient (Wildman–Crippen LogP) is 1.38. The van der Waals surface area contributed by atoms with E-state index in [0.29, 0.717) is 16.8 Å². The molecule has 2 N–H and O–H groups in total. The standard InChI is InChI=1S/C20H22N4O4/c1-12-15-6-4-5-7-16(15)18(20(27)24(3)23-12)22-19(26)13(2)21-17(25)10-14-8-9-28-11-14/h4-9,11,13,18H,10H2,1-3H3,(H,21,25)(H,22,26)/t13-,18?/m0/s1. The molecule has 0 bridgehead atoms. The predicted molar refractivity (Wildman–Crippen MR) is 102 cm³/mol. The van der Waals surface area contributed by atoms with Crippen LogP contribution in [0.4, 0.5) is 0 Å². The molecule has 0 fully saturated rings. The number of rotatable bonds is 5. The summed E-state index contributed by atoms with van der Waals surface area (Å²) < 4.78 is 4.93. The molecule has 1 aliphatic heterocycles. The van der Waals surface area contributed by atoms with Gasteiger partial charge in [0.1, 0.15) is 12.1 Å². The van der Waals surface area contributed by atoms with Crippen molar-refractivity contribution >= 4 is 23.4 Å². The fourth-order valence-electron chi connectivity index (χ4n) is 3.07. The first-order valence-electron chi connectivity index (χ1n) is 8.89. The number of nitrogens with one attached hydrogen (secondary N) is 2. The molecule has 0 saturated heterocycles. The van der Waals surface area contributed by atoms with Crippen molar-refractivity contribution in [3.05, 3.63) is 59.5 Å². The first kappa shape index (κ1) is 19.3. The lowest BCUT2D eigenvalue weighted by molar-refractivity contribution is -0.136. The van der Waals surface area contributed by atoms with Gasteiger partial charge in [-0.3, -0.25) is 14.4 Å². The van der Waals surface area contributed by atoms with Gasteiger partial charge in [-0.25, -0.2) is 5.01 Å². The Bertz CT molecular complexity index is 920. The highest BCUT2D eigenvalue weighted by Gasteiger charge is 2.32. The van der Waals surface area contributed by atoms with Gasteiger partial charge in [-0.1, -0.05) is 24.3 Å². The van der Waals surface area contributed by atoms with Crippen LogP contribution in [-0.2, 0) is 20.8 Å². The molecule has 146 valence electrons. The molecule has 8 heteroatoms. The molecule has 1 aromatic carbocycles. The lowest BCUT2D eigenvalue weighted by atomic mass is 9.97. The van der Waals surface area contributed by atoms with Gasteiger partial charge in [0.15, 0.2) is 0 Å². The average molecular weight is 382 g/mol. The van der Waals surface area contributed by atoms with E-state index >= 15 is 0 Å². The van der Waals surface area contributed by atoms with Crippen LogP contribution in [0.1, 0.15) is 36.6 Å². The second-order valence-corrected chi connectivity index (χ2v) is 6.67. The van der Waals surface area contributed by atoms with Crippen LogP contribution in [0.3, 0.4) is 0 Å². The summed E-state index contributed by atoms with van der Waals surface area (Å²) in [6.45, 7) is 3.38. The second-order valence-electron chi connectivity index (χ2n) is 6.67. The minimum absolute atomic E-state index is 0.106. The van der Waals surface area contributed by atoms with Crippen LogP contribution in [0.5, 0.6) is 0 Å². The maximum absolute atomic E-state index is 12.8. The Hall–Kier alpha value is -3.42. The van der Waals surface area contributed by atoms with Crippen molar-refractivity contribution in [2.24, 2.45) is 5.10 Å². The molecule has 2 atom stereocenters. The fraction of sp³-hybridized carbons (Fsp3) is 0.300. The van der Waals surface area contributed by atoms with E-state index in [-0.39, 0.29) is 18.2 Å². The van der Waals surface area contributed by atoms with Gasteiger partial charge in [0.25, 0.3) is 5.91 Å². The third-order valence-electron chi connectivity index (χ3n) is 4.53. The van der Waals surface area contributed by atoms with Gasteiger partial charge in [-0.2, -0.15) is 5.10 Å². The van der Waals surface area contributed by atoms with Gasteiger partial charge < -0.3 is 15.1 Å². The van der Waals surface area contributed by atoms with Crippen LogP contribution < -0.4 is 10.6 Å². The topological polar surface area (TPSA) is 104 Å². The number of hydrazone groups is 1. The maximum atomic E-state index is 12.8. The summed E-state index contributed by atoms with van der Waals surface area (Å²) in [6, 6.07) is 7.29. The highest BCUT2D eigenvalue weighted by atomic mass is 16.3. The zero-order valence-electron chi connectivity index (χ0n) is 15.9. The zero-order valence-corrected chi connectivity index (χ0v) is 15.9. The van der Waals surface area contributed by atoms with Crippen molar-refractivity contribution in [1.82, 2.24) is 15.6 Å². The van der Waals surface area contributed by atoms with Crippen LogP contribution in [0.25, 0.3) is 0 Å². The Morgan fingerprint density at radius 1 is 1.29 bits per heavy atom. The second kappa shape index (κ2) is 8.08. The van der Waals surface area contributed by atoms with E-state index in [2.05, 4.69) is 15.7 Å². The van der Waals surface area contributed by atoms with Gasteiger partial charge in [-0.05, 0) is 31.0 Å². The number of fused-ring (bicyclic) bond motifs is 1. The third kappa shape index (κ3) is 4.11. The summed E-state index contributed by atoms with van der Waals surface area (Å²) in [4.78, 5) is 37.5. The number of carbonyl (C=O) groups excluding carboxylic acids is 3. The van der Waals surface area contributed by atoms with Gasteiger partial charge in [-0.15, -0.1) is 0 Å². The Morgan fingerprint density at radius 3 is 2.75 bits per heavy atom. The minimum atomic E-state index is -0.886. The third-order valence-corrected chi connectivity index (χ3v) is 4.53. The number of nitrogens with zero attached hydrogens (tertiary/aromatic N) is 2. The summed E-state index contributed by atoms with van der Waals surface area (Å²) >= 11 is 0. The Balaban J connectivity index is 1.72. The van der Waals surface area contributed by atoms with Crippen molar-refractivity contribution < 1.29 is 18.8 Å². The molecule has 1 aromatic heterocycles. The number of benzene rings is 1. The smallest absolute Gasteiger partial charge is 0.269 e. The van der Waals surface area contributed by atoms with E-state index in [9.17, 15) is 14.4 Å². The molecule has 2 aromatic rings. The highest BCUT2D eigenvalue weighted by Crippen LogP contribution is 2.24. The zero-order chi connectivity index (χ0) is 20.3. The van der Waals surface area contributed by atoms with E-state index in [0.717, 1.165) is 5.56 Å². The molecule has 0 radical (unpaired) electrons. The number of furan rings is 1. The molecule has 2 heterocycles. The van der Waals surface area contributed by atoms with Crippen molar-refractivity contribution in [3.8, 4) is 0 Å². The monoisotopic (exact) mass is 382 g/mol. The summed E-state index contributed by atoms with van der Waals surface area (Å²) in [5, 5.41) is 10.9. The summed E-state index contributed by atoms with van der Waals surface area (Å²) in [6.07, 6.45) is 3.06. The molecule has 3 amide bonds. The lowest BCUT2D eigenvalue weighted by Gasteiger charge is -2.22. The molecule has 1 aliphatic rings. The van der Waals surface area contributed by atoms with Crippen LogP contribution in [0.15, 0.2) is 52.4 Å². The number of hydrogen-bond donors (Lipinski definition) is 2. The number of hydrogen-bond acceptors (Lipinski definition) is 5. The van der Waals surface area contributed by atoms with Crippen molar-refractivity contribution in [3.63, 3.8) is 0 Å². The fourth-order valence-corrected chi connectivity index (χ4v) is 3.07. The molecule has 8 nitrogen and oxygen atoms in total. The summed E-state index contributed by atoms with van der Waals surface area (Å²) in [5.74, 6) is -1.12. The quantitative estimate of drug-likeness (QED) is 0.815. The van der Waals surface area contributed by atoms with Crippen molar-refractivity contribution in [2.75, 3.05) is 7.05 Å². The van der Waals surface area contributed by atoms with Gasteiger partial charge in [0.05, 0.1) is 24.7 Å².